The largest absolute Gasteiger partial charge is 0.495 e. The van der Waals surface area contributed by atoms with Gasteiger partial charge in [-0.05, 0) is 36.4 Å². The zero-order chi connectivity index (χ0) is 23.3. The number of benzene rings is 2. The molecule has 0 radical (unpaired) electrons. The van der Waals surface area contributed by atoms with Gasteiger partial charge in [-0.2, -0.15) is 0 Å². The van der Waals surface area contributed by atoms with Crippen molar-refractivity contribution in [3.63, 3.8) is 0 Å². The number of methoxy groups -OCH3 is 1. The molecule has 1 saturated heterocycles. The number of carbonyl (C=O) groups excluding carboxylic acids is 2. The first-order valence-corrected chi connectivity index (χ1v) is 11.3. The molecule has 0 aromatic heterocycles. The maximum atomic E-state index is 12.7. The number of piperazine rings is 1. The number of hydrogen-bond donors (Lipinski definition) is 1. The van der Waals surface area contributed by atoms with Gasteiger partial charge in [-0.1, -0.05) is 41.7 Å². The van der Waals surface area contributed by atoms with Crippen LogP contribution in [-0.2, 0) is 9.59 Å². The summed E-state index contributed by atoms with van der Waals surface area (Å²) in [4.78, 5) is 28.6. The Morgan fingerprint density at radius 3 is 2.44 bits per heavy atom. The molecule has 3 rings (SSSR count). The summed E-state index contributed by atoms with van der Waals surface area (Å²) in [6.45, 7) is 4.48. The van der Waals surface area contributed by atoms with Crippen molar-refractivity contribution < 1.29 is 14.3 Å². The Labute approximate surface area is 202 Å². The molecule has 1 aliphatic rings. The van der Waals surface area contributed by atoms with E-state index in [9.17, 15) is 9.59 Å². The van der Waals surface area contributed by atoms with Gasteiger partial charge in [0.05, 0.1) is 23.5 Å². The van der Waals surface area contributed by atoms with Crippen LogP contribution in [0.3, 0.4) is 0 Å². The van der Waals surface area contributed by atoms with Crippen LogP contribution in [-0.4, -0.2) is 50.0 Å². The summed E-state index contributed by atoms with van der Waals surface area (Å²) in [5, 5.41) is 4.20. The third-order valence-corrected chi connectivity index (χ3v) is 5.88. The summed E-state index contributed by atoms with van der Waals surface area (Å²) in [7, 11) is 1.50. The quantitative estimate of drug-likeness (QED) is 0.547. The Bertz CT molecular complexity index is 1030. The molecule has 170 valence electrons. The number of anilines is 2. The van der Waals surface area contributed by atoms with Crippen molar-refractivity contribution in [3.05, 3.63) is 57.0 Å². The van der Waals surface area contributed by atoms with Gasteiger partial charge in [0.25, 0.3) is 0 Å². The van der Waals surface area contributed by atoms with E-state index >= 15 is 0 Å². The molecular formula is C23H24Cl3N3O3. The SMILES string of the molecule is CCC(=O)N1CCN(c2ccc(Cl)cc2NC(=O)C=Cc2cc(Cl)cc(Cl)c2OC)CC1. The molecule has 2 aromatic carbocycles. The lowest BCUT2D eigenvalue weighted by molar-refractivity contribution is -0.131. The molecule has 0 bridgehead atoms. The van der Waals surface area contributed by atoms with E-state index < -0.39 is 0 Å². The average Bonchev–Trinajstić information content (AvgIpc) is 2.77. The fourth-order valence-corrected chi connectivity index (χ4v) is 4.32. The van der Waals surface area contributed by atoms with Crippen LogP contribution in [0.1, 0.15) is 18.9 Å². The number of hydrogen-bond acceptors (Lipinski definition) is 4. The smallest absolute Gasteiger partial charge is 0.248 e. The third kappa shape index (κ3) is 5.88. The molecule has 9 heteroatoms. The van der Waals surface area contributed by atoms with Crippen LogP contribution in [0.5, 0.6) is 5.75 Å². The summed E-state index contributed by atoms with van der Waals surface area (Å²) in [5.74, 6) is 0.241. The van der Waals surface area contributed by atoms with Crippen molar-refractivity contribution in [2.45, 2.75) is 13.3 Å². The Kier molecular flexibility index (Phi) is 8.29. The highest BCUT2D eigenvalue weighted by atomic mass is 35.5. The molecule has 32 heavy (non-hydrogen) atoms. The minimum absolute atomic E-state index is 0.149. The molecule has 0 spiro atoms. The van der Waals surface area contributed by atoms with Crippen LogP contribution in [0, 0.1) is 0 Å². The van der Waals surface area contributed by atoms with Crippen LogP contribution in [0.4, 0.5) is 11.4 Å². The van der Waals surface area contributed by atoms with Crippen molar-refractivity contribution in [3.8, 4) is 5.75 Å². The fourth-order valence-electron chi connectivity index (χ4n) is 3.56. The van der Waals surface area contributed by atoms with Crippen molar-refractivity contribution in [1.82, 2.24) is 4.90 Å². The molecule has 0 aliphatic carbocycles. The monoisotopic (exact) mass is 495 g/mol. The van der Waals surface area contributed by atoms with E-state index in [1.54, 1.807) is 30.3 Å². The number of rotatable bonds is 6. The van der Waals surface area contributed by atoms with Gasteiger partial charge in [-0.25, -0.2) is 0 Å². The molecule has 2 aromatic rings. The molecule has 1 fully saturated rings. The van der Waals surface area contributed by atoms with E-state index in [1.165, 1.54) is 13.2 Å². The summed E-state index contributed by atoms with van der Waals surface area (Å²) in [5.41, 5.74) is 2.03. The molecule has 1 aliphatic heterocycles. The van der Waals surface area contributed by atoms with Crippen LogP contribution in [0.25, 0.3) is 6.08 Å². The first kappa shape index (κ1) is 24.2. The maximum absolute atomic E-state index is 12.7. The normalized spacial score (nSPS) is 14.0. The fraction of sp³-hybridized carbons (Fsp3) is 0.304. The van der Waals surface area contributed by atoms with Crippen LogP contribution < -0.4 is 15.0 Å². The molecule has 0 atom stereocenters. The zero-order valence-electron chi connectivity index (χ0n) is 17.8. The van der Waals surface area contributed by atoms with Crippen molar-refractivity contribution >= 4 is 64.1 Å². The van der Waals surface area contributed by atoms with Gasteiger partial charge in [0.15, 0.2) is 0 Å². The number of amides is 2. The van der Waals surface area contributed by atoms with Gasteiger partial charge in [0, 0.05) is 54.3 Å². The molecule has 6 nitrogen and oxygen atoms in total. The lowest BCUT2D eigenvalue weighted by atomic mass is 10.1. The Balaban J connectivity index is 1.75. The molecule has 0 saturated carbocycles. The summed E-state index contributed by atoms with van der Waals surface area (Å²) in [6, 6.07) is 8.61. The van der Waals surface area contributed by atoms with Gasteiger partial charge in [0.2, 0.25) is 11.8 Å². The highest BCUT2D eigenvalue weighted by molar-refractivity contribution is 6.36. The third-order valence-electron chi connectivity index (χ3n) is 5.15. The lowest BCUT2D eigenvalue weighted by Crippen LogP contribution is -2.48. The predicted octanol–water partition coefficient (Wildman–Crippen LogP) is 5.37. The van der Waals surface area contributed by atoms with Crippen molar-refractivity contribution in [1.29, 1.82) is 0 Å². The molecule has 1 N–H and O–H groups in total. The first-order chi connectivity index (χ1) is 15.3. The number of nitrogens with zero attached hydrogens (tertiary/aromatic N) is 2. The number of carbonyl (C=O) groups is 2. The summed E-state index contributed by atoms with van der Waals surface area (Å²) >= 11 is 18.4. The second-order valence-electron chi connectivity index (χ2n) is 7.22. The van der Waals surface area contributed by atoms with Crippen LogP contribution in [0.2, 0.25) is 15.1 Å². The van der Waals surface area contributed by atoms with Gasteiger partial charge < -0.3 is 19.9 Å². The second kappa shape index (κ2) is 10.9. The topological polar surface area (TPSA) is 61.9 Å². The van der Waals surface area contributed by atoms with E-state index in [0.717, 1.165) is 5.69 Å². The molecular weight excluding hydrogens is 473 g/mol. The van der Waals surface area contributed by atoms with E-state index in [4.69, 9.17) is 39.5 Å². The minimum Gasteiger partial charge on any atom is -0.495 e. The van der Waals surface area contributed by atoms with Gasteiger partial charge in [-0.15, -0.1) is 0 Å². The maximum Gasteiger partial charge on any atom is 0.248 e. The highest BCUT2D eigenvalue weighted by Gasteiger charge is 2.22. The van der Waals surface area contributed by atoms with E-state index in [1.807, 2.05) is 17.9 Å². The minimum atomic E-state index is -0.341. The standard InChI is InChI=1S/C23H24Cl3N3O3/c1-3-22(31)29-10-8-28(9-11-29)20-6-5-16(24)14-19(20)27-21(30)7-4-15-12-17(25)13-18(26)23(15)32-2/h4-7,12-14H,3,8-11H2,1-2H3,(H,27,30). The molecule has 2 amide bonds. The lowest BCUT2D eigenvalue weighted by Gasteiger charge is -2.37. The Morgan fingerprint density at radius 2 is 1.78 bits per heavy atom. The van der Waals surface area contributed by atoms with Crippen molar-refractivity contribution in [2.24, 2.45) is 0 Å². The first-order valence-electron chi connectivity index (χ1n) is 10.2. The highest BCUT2D eigenvalue weighted by Crippen LogP contribution is 2.33. The van der Waals surface area contributed by atoms with Gasteiger partial charge >= 0.3 is 0 Å². The molecule has 0 unspecified atom stereocenters. The van der Waals surface area contributed by atoms with E-state index in [-0.39, 0.29) is 11.8 Å². The predicted molar refractivity (Wildman–Crippen MR) is 131 cm³/mol. The van der Waals surface area contributed by atoms with Crippen LogP contribution in [0.15, 0.2) is 36.4 Å². The molecule has 1 heterocycles. The average molecular weight is 497 g/mol. The summed E-state index contributed by atoms with van der Waals surface area (Å²) < 4.78 is 5.30. The second-order valence-corrected chi connectivity index (χ2v) is 8.50. The van der Waals surface area contributed by atoms with E-state index in [2.05, 4.69) is 10.2 Å². The van der Waals surface area contributed by atoms with Crippen molar-refractivity contribution in [2.75, 3.05) is 43.5 Å². The summed E-state index contributed by atoms with van der Waals surface area (Å²) in [6.07, 6.45) is 3.47. The van der Waals surface area contributed by atoms with Gasteiger partial charge in [-0.3, -0.25) is 9.59 Å². The Morgan fingerprint density at radius 1 is 1.06 bits per heavy atom. The zero-order valence-corrected chi connectivity index (χ0v) is 20.1. The number of halogens is 3. The Hall–Kier alpha value is -2.41. The number of ether oxygens (including phenoxy) is 1. The van der Waals surface area contributed by atoms with E-state index in [0.29, 0.717) is 64.7 Å². The van der Waals surface area contributed by atoms with Crippen LogP contribution >= 0.6 is 34.8 Å². The number of nitrogens with one attached hydrogen (secondary N) is 1. The van der Waals surface area contributed by atoms with Gasteiger partial charge in [0.1, 0.15) is 5.75 Å².